The van der Waals surface area contributed by atoms with E-state index in [1.807, 2.05) is 0 Å². The van der Waals surface area contributed by atoms with Crippen LogP contribution in [0.15, 0.2) is 48.5 Å². The third-order valence-electron chi connectivity index (χ3n) is 2.83. The summed E-state index contributed by atoms with van der Waals surface area (Å²) < 4.78 is 0. The van der Waals surface area contributed by atoms with Gasteiger partial charge in [0.15, 0.2) is 11.6 Å². The molecule has 2 aromatic rings. The number of ketones is 2. The lowest BCUT2D eigenvalue weighted by Crippen LogP contribution is -2.20. The van der Waals surface area contributed by atoms with Crippen LogP contribution in [-0.2, 0) is 0 Å². The molecule has 0 saturated carbocycles. The van der Waals surface area contributed by atoms with Gasteiger partial charge in [-0.1, -0.05) is 76.2 Å². The van der Waals surface area contributed by atoms with Crippen molar-refractivity contribution in [1.82, 2.24) is 0 Å². The van der Waals surface area contributed by atoms with E-state index in [1.54, 1.807) is 48.5 Å². The Hall–Kier alpha value is -2.22. The fourth-order valence-corrected chi connectivity index (χ4v) is 2.05. The molecule has 0 N–H and O–H groups in total. The highest BCUT2D eigenvalue weighted by molar-refractivity contribution is 6.28. The molecule has 0 fully saturated rings. The summed E-state index contributed by atoms with van der Waals surface area (Å²) in [7, 11) is 0. The normalized spacial score (nSPS) is 11.5. The van der Waals surface area contributed by atoms with Gasteiger partial charge in [-0.2, -0.15) is 0 Å². The summed E-state index contributed by atoms with van der Waals surface area (Å²) in [5.41, 5.74) is 2.02. The van der Waals surface area contributed by atoms with E-state index in [0.29, 0.717) is 22.3 Å². The zero-order valence-electron chi connectivity index (χ0n) is 11.1. The number of carbonyl (C=O) groups is 2. The molecule has 2 nitrogen and oxygen atoms in total. The Kier molecular flexibility index (Phi) is 5.39. The van der Waals surface area contributed by atoms with Crippen molar-refractivity contribution in [3.8, 4) is 0 Å². The highest BCUT2D eigenvalue weighted by atomic mass is 16.1. The second kappa shape index (κ2) is 6.80. The molecule has 0 amide bonds. The topological polar surface area (TPSA) is 34.1 Å². The van der Waals surface area contributed by atoms with E-state index in [1.165, 1.54) is 6.42 Å². The number of benzene rings is 2. The number of carbonyl (C=O) groups excluding carboxylic acids is 2. The zero-order chi connectivity index (χ0) is 13.8. The van der Waals surface area contributed by atoms with Gasteiger partial charge in [0.2, 0.25) is 0 Å². The van der Waals surface area contributed by atoms with E-state index < -0.39 is 0 Å². The SMILES string of the molecule is C.CCC.O=C1c2ccccc2C(=O)c2ccccc21. The van der Waals surface area contributed by atoms with E-state index in [0.717, 1.165) is 0 Å². The van der Waals surface area contributed by atoms with Crippen molar-refractivity contribution in [3.63, 3.8) is 0 Å². The van der Waals surface area contributed by atoms with Crippen LogP contribution in [0.5, 0.6) is 0 Å². The third kappa shape index (κ3) is 2.69. The standard InChI is InChI=1S/C14H8O2.C3H8.CH4/c15-13-9-5-1-2-6-10(9)14(16)12-8-4-3-7-11(12)13;1-3-2;/h1-8H;3H2,1-2H3;1H4. The van der Waals surface area contributed by atoms with Gasteiger partial charge in [-0.3, -0.25) is 9.59 Å². The van der Waals surface area contributed by atoms with Crippen LogP contribution in [0.25, 0.3) is 0 Å². The minimum absolute atomic E-state index is 0. The van der Waals surface area contributed by atoms with E-state index >= 15 is 0 Å². The van der Waals surface area contributed by atoms with Crippen LogP contribution in [0.4, 0.5) is 0 Å². The van der Waals surface area contributed by atoms with Crippen LogP contribution in [0.2, 0.25) is 0 Å². The van der Waals surface area contributed by atoms with Crippen molar-refractivity contribution >= 4 is 11.6 Å². The summed E-state index contributed by atoms with van der Waals surface area (Å²) in [4.78, 5) is 24.2. The first-order chi connectivity index (χ1) is 9.20. The van der Waals surface area contributed by atoms with Crippen LogP contribution < -0.4 is 0 Å². The Balaban J connectivity index is 0.000000462. The zero-order valence-corrected chi connectivity index (χ0v) is 11.1. The average molecular weight is 268 g/mol. The van der Waals surface area contributed by atoms with Crippen molar-refractivity contribution in [2.75, 3.05) is 0 Å². The first-order valence-electron chi connectivity index (χ1n) is 6.48. The predicted octanol–water partition coefficient (Wildman–Crippen LogP) is 4.51. The van der Waals surface area contributed by atoms with Crippen LogP contribution in [0.3, 0.4) is 0 Å². The minimum atomic E-state index is -0.0641. The third-order valence-corrected chi connectivity index (χ3v) is 2.83. The van der Waals surface area contributed by atoms with Crippen LogP contribution in [0.1, 0.15) is 59.5 Å². The molecule has 0 unspecified atom stereocenters. The summed E-state index contributed by atoms with van der Waals surface area (Å²) in [5, 5.41) is 0. The average Bonchev–Trinajstić information content (AvgIpc) is 2.46. The molecule has 1 aliphatic carbocycles. The van der Waals surface area contributed by atoms with Crippen molar-refractivity contribution in [2.45, 2.75) is 27.7 Å². The molecule has 2 heteroatoms. The van der Waals surface area contributed by atoms with Gasteiger partial charge >= 0.3 is 0 Å². The lowest BCUT2D eigenvalue weighted by atomic mass is 9.84. The Morgan fingerprint density at radius 3 is 1.05 bits per heavy atom. The highest BCUT2D eigenvalue weighted by Crippen LogP contribution is 2.26. The van der Waals surface area contributed by atoms with E-state index in [9.17, 15) is 9.59 Å². The quantitative estimate of drug-likeness (QED) is 0.601. The number of hydrogen-bond acceptors (Lipinski definition) is 2. The van der Waals surface area contributed by atoms with Crippen molar-refractivity contribution in [2.24, 2.45) is 0 Å². The van der Waals surface area contributed by atoms with Gasteiger partial charge in [-0.25, -0.2) is 0 Å². The second-order valence-electron chi connectivity index (χ2n) is 4.46. The van der Waals surface area contributed by atoms with E-state index in [4.69, 9.17) is 0 Å². The predicted molar refractivity (Wildman–Crippen MR) is 82.4 cm³/mol. The number of fused-ring (bicyclic) bond motifs is 2. The first-order valence-corrected chi connectivity index (χ1v) is 6.48. The van der Waals surface area contributed by atoms with Crippen molar-refractivity contribution in [3.05, 3.63) is 70.8 Å². The maximum atomic E-state index is 12.1. The van der Waals surface area contributed by atoms with Gasteiger partial charge in [0.25, 0.3) is 0 Å². The van der Waals surface area contributed by atoms with Gasteiger partial charge < -0.3 is 0 Å². The summed E-state index contributed by atoms with van der Waals surface area (Å²) in [6.07, 6.45) is 1.25. The summed E-state index contributed by atoms with van der Waals surface area (Å²) in [6, 6.07) is 13.9. The smallest absolute Gasteiger partial charge is 0.194 e. The Labute approximate surface area is 120 Å². The Morgan fingerprint density at radius 2 is 0.850 bits per heavy atom. The molecule has 20 heavy (non-hydrogen) atoms. The first kappa shape index (κ1) is 15.8. The van der Waals surface area contributed by atoms with Gasteiger partial charge in [0.05, 0.1) is 0 Å². The number of hydrogen-bond donors (Lipinski definition) is 0. The Morgan fingerprint density at radius 1 is 0.650 bits per heavy atom. The van der Waals surface area contributed by atoms with Gasteiger partial charge in [-0.15, -0.1) is 0 Å². The lowest BCUT2D eigenvalue weighted by molar-refractivity contribution is 0.0979. The lowest BCUT2D eigenvalue weighted by Gasteiger charge is -2.16. The molecule has 0 radical (unpaired) electrons. The minimum Gasteiger partial charge on any atom is -0.289 e. The molecule has 2 aromatic carbocycles. The number of rotatable bonds is 0. The molecule has 0 saturated heterocycles. The van der Waals surface area contributed by atoms with Crippen LogP contribution >= 0.6 is 0 Å². The van der Waals surface area contributed by atoms with Gasteiger partial charge in [-0.05, 0) is 0 Å². The summed E-state index contributed by atoms with van der Waals surface area (Å²) >= 11 is 0. The molecule has 0 bridgehead atoms. The largest absolute Gasteiger partial charge is 0.289 e. The van der Waals surface area contributed by atoms with Gasteiger partial charge in [0.1, 0.15) is 0 Å². The molecule has 0 spiro atoms. The fraction of sp³-hybridized carbons (Fsp3) is 0.222. The molecule has 0 heterocycles. The van der Waals surface area contributed by atoms with Crippen LogP contribution in [0, 0.1) is 0 Å². The van der Waals surface area contributed by atoms with Crippen LogP contribution in [-0.4, -0.2) is 11.6 Å². The molecule has 1 aliphatic rings. The molecular formula is C18H20O2. The highest BCUT2D eigenvalue weighted by Gasteiger charge is 2.28. The Bertz CT molecular complexity index is 521. The maximum Gasteiger partial charge on any atom is 0.194 e. The van der Waals surface area contributed by atoms with Crippen molar-refractivity contribution < 1.29 is 9.59 Å². The second-order valence-corrected chi connectivity index (χ2v) is 4.46. The molecule has 0 aliphatic heterocycles. The molecule has 0 atom stereocenters. The summed E-state index contributed by atoms with van der Waals surface area (Å²) in [6.45, 7) is 4.25. The van der Waals surface area contributed by atoms with Gasteiger partial charge in [0, 0.05) is 22.3 Å². The molecule has 0 aromatic heterocycles. The van der Waals surface area contributed by atoms with E-state index in [-0.39, 0.29) is 19.0 Å². The molecular weight excluding hydrogens is 248 g/mol. The van der Waals surface area contributed by atoms with E-state index in [2.05, 4.69) is 13.8 Å². The fourth-order valence-electron chi connectivity index (χ4n) is 2.05. The summed E-state index contributed by atoms with van der Waals surface area (Å²) in [5.74, 6) is -0.128. The monoisotopic (exact) mass is 268 g/mol. The molecule has 104 valence electrons. The maximum absolute atomic E-state index is 12.1. The molecule has 3 rings (SSSR count). The van der Waals surface area contributed by atoms with Crippen molar-refractivity contribution in [1.29, 1.82) is 0 Å².